The summed E-state index contributed by atoms with van der Waals surface area (Å²) >= 11 is 0. The molecule has 0 unspecified atom stereocenters. The first-order valence-corrected chi connectivity index (χ1v) is 3.86. The Morgan fingerprint density at radius 3 is 2.69 bits per heavy atom. The molecule has 0 spiro atoms. The molecule has 0 aliphatic carbocycles. The maximum absolute atomic E-state index is 10.2. The molecule has 0 fully saturated rings. The summed E-state index contributed by atoms with van der Waals surface area (Å²) in [6.45, 7) is 0. The van der Waals surface area contributed by atoms with Crippen LogP contribution < -0.4 is 0 Å². The maximum atomic E-state index is 10.2. The van der Waals surface area contributed by atoms with E-state index in [0.29, 0.717) is 5.56 Å². The summed E-state index contributed by atoms with van der Waals surface area (Å²) in [4.78, 5) is 10.2. The van der Waals surface area contributed by atoms with Crippen LogP contribution in [0, 0.1) is 0 Å². The Kier molecular flexibility index (Phi) is 3.09. The third-order valence-electron chi connectivity index (χ3n) is 1.53. The van der Waals surface area contributed by atoms with Crippen LogP contribution in [0.2, 0.25) is 0 Å². The van der Waals surface area contributed by atoms with Crippen molar-refractivity contribution in [1.82, 2.24) is 0 Å². The van der Waals surface area contributed by atoms with Gasteiger partial charge in [-0.2, -0.15) is 0 Å². The number of rotatable bonds is 3. The van der Waals surface area contributed by atoms with Gasteiger partial charge < -0.3 is 10.2 Å². The van der Waals surface area contributed by atoms with Crippen molar-refractivity contribution in [3.05, 3.63) is 35.9 Å². The van der Waals surface area contributed by atoms with Crippen LogP contribution in [0.15, 0.2) is 30.3 Å². The summed E-state index contributed by atoms with van der Waals surface area (Å²) < 4.78 is 0. The average molecular weight is 178 g/mol. The van der Waals surface area contributed by atoms with Gasteiger partial charge in [0, 0.05) is 5.56 Å². The summed E-state index contributed by atoms with van der Waals surface area (Å²) in [6.07, 6.45) is 3.05. The van der Waals surface area contributed by atoms with Crippen molar-refractivity contribution in [3.8, 4) is 5.75 Å². The van der Waals surface area contributed by atoms with Gasteiger partial charge in [0.2, 0.25) is 0 Å². The molecule has 3 heteroatoms. The molecule has 0 heterocycles. The van der Waals surface area contributed by atoms with Gasteiger partial charge in [-0.3, -0.25) is 4.79 Å². The summed E-state index contributed by atoms with van der Waals surface area (Å²) in [7, 11) is 0. The molecule has 2 N–H and O–H groups in total. The Labute approximate surface area is 76.0 Å². The first-order valence-electron chi connectivity index (χ1n) is 3.86. The molecular formula is C10H10O3. The Balaban J connectivity index is 2.68. The van der Waals surface area contributed by atoms with E-state index >= 15 is 0 Å². The lowest BCUT2D eigenvalue weighted by molar-refractivity contribution is -0.135. The number of phenolic OH excluding ortho intramolecular Hbond substituents is 1. The molecular weight excluding hydrogens is 168 g/mol. The average Bonchev–Trinajstić information content (AvgIpc) is 2.08. The highest BCUT2D eigenvalue weighted by Gasteiger charge is 1.94. The Morgan fingerprint density at radius 1 is 1.38 bits per heavy atom. The normalized spacial score (nSPS) is 10.5. The van der Waals surface area contributed by atoms with Crippen molar-refractivity contribution in [2.45, 2.75) is 6.42 Å². The number of para-hydroxylation sites is 1. The number of hydrogen-bond donors (Lipinski definition) is 2. The smallest absolute Gasteiger partial charge is 0.307 e. The van der Waals surface area contributed by atoms with Crippen LogP contribution in [-0.4, -0.2) is 16.2 Å². The molecule has 0 saturated heterocycles. The molecule has 0 aromatic heterocycles. The van der Waals surface area contributed by atoms with Gasteiger partial charge >= 0.3 is 5.97 Å². The fourth-order valence-corrected chi connectivity index (χ4v) is 0.915. The highest BCUT2D eigenvalue weighted by atomic mass is 16.4. The van der Waals surface area contributed by atoms with E-state index in [1.54, 1.807) is 30.3 Å². The van der Waals surface area contributed by atoms with Crippen molar-refractivity contribution in [1.29, 1.82) is 0 Å². The summed E-state index contributed by atoms with van der Waals surface area (Å²) in [5.74, 6) is -0.726. The lowest BCUT2D eigenvalue weighted by Crippen LogP contribution is -1.89. The lowest BCUT2D eigenvalue weighted by atomic mass is 10.2. The van der Waals surface area contributed by atoms with Gasteiger partial charge in [0.15, 0.2) is 0 Å². The van der Waals surface area contributed by atoms with E-state index in [1.807, 2.05) is 0 Å². The van der Waals surface area contributed by atoms with Crippen molar-refractivity contribution < 1.29 is 15.0 Å². The SMILES string of the molecule is O=C(O)C/C=C\c1ccccc1O. The molecule has 0 amide bonds. The lowest BCUT2D eigenvalue weighted by Gasteiger charge is -1.95. The van der Waals surface area contributed by atoms with Crippen LogP contribution in [0.5, 0.6) is 5.75 Å². The molecule has 3 nitrogen and oxygen atoms in total. The zero-order valence-corrected chi connectivity index (χ0v) is 6.97. The van der Waals surface area contributed by atoms with Crippen LogP contribution in [0.4, 0.5) is 0 Å². The van der Waals surface area contributed by atoms with E-state index in [2.05, 4.69) is 0 Å². The minimum Gasteiger partial charge on any atom is -0.507 e. The van der Waals surface area contributed by atoms with Crippen molar-refractivity contribution >= 4 is 12.0 Å². The molecule has 0 atom stereocenters. The Bertz CT molecular complexity index is 329. The van der Waals surface area contributed by atoms with E-state index < -0.39 is 5.97 Å². The summed E-state index contributed by atoms with van der Waals surface area (Å²) in [5.41, 5.74) is 0.628. The molecule has 68 valence electrons. The van der Waals surface area contributed by atoms with Crippen LogP contribution in [-0.2, 0) is 4.79 Å². The van der Waals surface area contributed by atoms with Gasteiger partial charge in [-0.1, -0.05) is 30.4 Å². The van der Waals surface area contributed by atoms with Crippen LogP contribution in [0.3, 0.4) is 0 Å². The fourth-order valence-electron chi connectivity index (χ4n) is 0.915. The van der Waals surface area contributed by atoms with Crippen LogP contribution in [0.1, 0.15) is 12.0 Å². The number of phenols is 1. The van der Waals surface area contributed by atoms with E-state index in [-0.39, 0.29) is 12.2 Å². The van der Waals surface area contributed by atoms with E-state index in [1.165, 1.54) is 6.08 Å². The Morgan fingerprint density at radius 2 is 2.08 bits per heavy atom. The number of carbonyl (C=O) groups is 1. The zero-order valence-electron chi connectivity index (χ0n) is 6.97. The molecule has 1 rings (SSSR count). The number of carboxylic acids is 1. The molecule has 0 saturated carbocycles. The predicted molar refractivity (Wildman–Crippen MR) is 49.4 cm³/mol. The summed E-state index contributed by atoms with van der Waals surface area (Å²) in [5, 5.41) is 17.6. The van der Waals surface area contributed by atoms with E-state index in [0.717, 1.165) is 0 Å². The van der Waals surface area contributed by atoms with E-state index in [9.17, 15) is 9.90 Å². The minimum absolute atomic E-state index is 0.0334. The molecule has 0 aliphatic rings. The van der Waals surface area contributed by atoms with Crippen LogP contribution >= 0.6 is 0 Å². The Hall–Kier alpha value is -1.77. The van der Waals surface area contributed by atoms with Crippen LogP contribution in [0.25, 0.3) is 6.08 Å². The number of aliphatic carboxylic acids is 1. The summed E-state index contributed by atoms with van der Waals surface area (Å²) in [6, 6.07) is 6.76. The van der Waals surface area contributed by atoms with Crippen molar-refractivity contribution in [2.24, 2.45) is 0 Å². The zero-order chi connectivity index (χ0) is 9.68. The van der Waals surface area contributed by atoms with Crippen molar-refractivity contribution in [3.63, 3.8) is 0 Å². The number of carboxylic acid groups (broad SMARTS) is 1. The van der Waals surface area contributed by atoms with Gasteiger partial charge in [-0.15, -0.1) is 0 Å². The highest BCUT2D eigenvalue weighted by molar-refractivity contribution is 5.70. The molecule has 1 aromatic carbocycles. The van der Waals surface area contributed by atoms with Gasteiger partial charge in [0.05, 0.1) is 6.42 Å². The molecule has 0 aliphatic heterocycles. The third-order valence-corrected chi connectivity index (χ3v) is 1.53. The fraction of sp³-hybridized carbons (Fsp3) is 0.100. The number of benzene rings is 1. The largest absolute Gasteiger partial charge is 0.507 e. The molecule has 1 aromatic rings. The van der Waals surface area contributed by atoms with Gasteiger partial charge in [-0.05, 0) is 6.07 Å². The van der Waals surface area contributed by atoms with Gasteiger partial charge in [-0.25, -0.2) is 0 Å². The van der Waals surface area contributed by atoms with Gasteiger partial charge in [0.25, 0.3) is 0 Å². The highest BCUT2D eigenvalue weighted by Crippen LogP contribution is 2.16. The second kappa shape index (κ2) is 4.30. The second-order valence-electron chi connectivity index (χ2n) is 2.56. The third kappa shape index (κ3) is 2.99. The number of hydrogen-bond acceptors (Lipinski definition) is 2. The first-order chi connectivity index (χ1) is 6.20. The standard InChI is InChI=1S/C10H10O3/c11-9-6-2-1-4-8(9)5-3-7-10(12)13/h1-6,11H,7H2,(H,12,13)/b5-3-. The second-order valence-corrected chi connectivity index (χ2v) is 2.56. The predicted octanol–water partition coefficient (Wildman–Crippen LogP) is 1.88. The minimum atomic E-state index is -0.883. The molecule has 0 radical (unpaired) electrons. The molecule has 13 heavy (non-hydrogen) atoms. The first kappa shape index (κ1) is 9.32. The van der Waals surface area contributed by atoms with Gasteiger partial charge in [0.1, 0.15) is 5.75 Å². The molecule has 0 bridgehead atoms. The van der Waals surface area contributed by atoms with Crippen molar-refractivity contribution in [2.75, 3.05) is 0 Å². The monoisotopic (exact) mass is 178 g/mol. The maximum Gasteiger partial charge on any atom is 0.307 e. The quantitative estimate of drug-likeness (QED) is 0.742. The topological polar surface area (TPSA) is 57.5 Å². The number of aromatic hydroxyl groups is 1. The van der Waals surface area contributed by atoms with E-state index in [4.69, 9.17) is 5.11 Å².